The standard InChI is InChI=1S/C16H25N3O2.HI/c1-4-17-16(19-10-5-6-11-19)18-12-13-8-7-9-14(20-2)15(13)21-3;/h7-9H,4-6,10-12H2,1-3H3,(H,17,18);1H. The third kappa shape index (κ3) is 4.66. The molecule has 0 aromatic heterocycles. The minimum Gasteiger partial charge on any atom is -0.493 e. The number of para-hydroxylation sites is 1. The number of nitrogens with one attached hydrogen (secondary N) is 1. The Labute approximate surface area is 150 Å². The first kappa shape index (κ1) is 18.9. The van der Waals surface area contributed by atoms with E-state index in [1.54, 1.807) is 14.2 Å². The van der Waals surface area contributed by atoms with Gasteiger partial charge in [0.1, 0.15) is 0 Å². The van der Waals surface area contributed by atoms with Crippen molar-refractivity contribution >= 4 is 29.9 Å². The predicted molar refractivity (Wildman–Crippen MR) is 101 cm³/mol. The zero-order chi connectivity index (χ0) is 15.1. The second-order valence-corrected chi connectivity index (χ2v) is 5.02. The lowest BCUT2D eigenvalue weighted by Gasteiger charge is -2.21. The summed E-state index contributed by atoms with van der Waals surface area (Å²) in [4.78, 5) is 7.06. The number of aliphatic imine (C=N–C) groups is 1. The Hall–Kier alpha value is -1.18. The highest BCUT2D eigenvalue weighted by Crippen LogP contribution is 2.31. The number of likely N-dealkylation sites (tertiary alicyclic amines) is 1. The van der Waals surface area contributed by atoms with E-state index >= 15 is 0 Å². The van der Waals surface area contributed by atoms with Crippen LogP contribution in [-0.2, 0) is 6.54 Å². The molecule has 0 unspecified atom stereocenters. The van der Waals surface area contributed by atoms with Crippen LogP contribution in [0.25, 0.3) is 0 Å². The first-order valence-electron chi connectivity index (χ1n) is 7.53. The lowest BCUT2D eigenvalue weighted by molar-refractivity contribution is 0.351. The highest BCUT2D eigenvalue weighted by molar-refractivity contribution is 14.0. The molecule has 1 aromatic rings. The third-order valence-corrected chi connectivity index (χ3v) is 3.62. The summed E-state index contributed by atoms with van der Waals surface area (Å²) in [5.41, 5.74) is 1.03. The van der Waals surface area contributed by atoms with Crippen molar-refractivity contribution in [3.63, 3.8) is 0 Å². The molecule has 0 radical (unpaired) electrons. The molecule has 1 aliphatic heterocycles. The summed E-state index contributed by atoms with van der Waals surface area (Å²) in [6, 6.07) is 5.89. The number of hydrogen-bond acceptors (Lipinski definition) is 3. The van der Waals surface area contributed by atoms with Gasteiger partial charge in [-0.05, 0) is 25.8 Å². The Bertz CT molecular complexity index is 488. The summed E-state index contributed by atoms with van der Waals surface area (Å²) in [5.74, 6) is 2.50. The lowest BCUT2D eigenvalue weighted by atomic mass is 10.2. The van der Waals surface area contributed by atoms with Crippen molar-refractivity contribution in [3.8, 4) is 11.5 Å². The fourth-order valence-corrected chi connectivity index (χ4v) is 2.59. The Morgan fingerprint density at radius 1 is 1.23 bits per heavy atom. The van der Waals surface area contributed by atoms with Crippen LogP contribution < -0.4 is 14.8 Å². The van der Waals surface area contributed by atoms with Crippen molar-refractivity contribution in [2.75, 3.05) is 33.9 Å². The Balaban J connectivity index is 0.00000242. The van der Waals surface area contributed by atoms with Crippen LogP contribution in [-0.4, -0.2) is 44.7 Å². The van der Waals surface area contributed by atoms with Crippen LogP contribution in [0, 0.1) is 0 Å². The predicted octanol–water partition coefficient (Wildman–Crippen LogP) is 2.88. The van der Waals surface area contributed by atoms with Crippen molar-refractivity contribution in [1.82, 2.24) is 10.2 Å². The summed E-state index contributed by atoms with van der Waals surface area (Å²) in [6.45, 7) is 5.73. The monoisotopic (exact) mass is 419 g/mol. The molecule has 1 fully saturated rings. The zero-order valence-corrected chi connectivity index (χ0v) is 15.9. The van der Waals surface area contributed by atoms with E-state index in [0.717, 1.165) is 42.7 Å². The van der Waals surface area contributed by atoms with E-state index in [0.29, 0.717) is 6.54 Å². The van der Waals surface area contributed by atoms with E-state index in [2.05, 4.69) is 17.1 Å². The minimum absolute atomic E-state index is 0. The number of rotatable bonds is 5. The Morgan fingerprint density at radius 2 is 1.95 bits per heavy atom. The van der Waals surface area contributed by atoms with Gasteiger partial charge in [-0.25, -0.2) is 4.99 Å². The molecule has 1 N–H and O–H groups in total. The third-order valence-electron chi connectivity index (χ3n) is 3.62. The van der Waals surface area contributed by atoms with E-state index in [-0.39, 0.29) is 24.0 Å². The topological polar surface area (TPSA) is 46.1 Å². The average Bonchev–Trinajstić information content (AvgIpc) is 3.05. The zero-order valence-electron chi connectivity index (χ0n) is 13.6. The summed E-state index contributed by atoms with van der Waals surface area (Å²) >= 11 is 0. The molecule has 0 amide bonds. The van der Waals surface area contributed by atoms with Crippen LogP contribution in [0.3, 0.4) is 0 Å². The van der Waals surface area contributed by atoms with Gasteiger partial charge in [0, 0.05) is 25.2 Å². The number of halogens is 1. The van der Waals surface area contributed by atoms with E-state index in [1.165, 1.54) is 12.8 Å². The van der Waals surface area contributed by atoms with Gasteiger partial charge >= 0.3 is 0 Å². The van der Waals surface area contributed by atoms with E-state index < -0.39 is 0 Å². The van der Waals surface area contributed by atoms with Gasteiger partial charge < -0.3 is 19.7 Å². The van der Waals surface area contributed by atoms with Gasteiger partial charge in [0.2, 0.25) is 0 Å². The molecule has 5 nitrogen and oxygen atoms in total. The first-order chi connectivity index (χ1) is 10.3. The van der Waals surface area contributed by atoms with Gasteiger partial charge in [0.05, 0.1) is 20.8 Å². The van der Waals surface area contributed by atoms with Crippen molar-refractivity contribution in [2.24, 2.45) is 4.99 Å². The lowest BCUT2D eigenvalue weighted by Crippen LogP contribution is -2.39. The first-order valence-corrected chi connectivity index (χ1v) is 7.53. The van der Waals surface area contributed by atoms with Gasteiger partial charge in [-0.2, -0.15) is 0 Å². The molecule has 1 aromatic carbocycles. The molecule has 1 aliphatic rings. The molecule has 1 heterocycles. The maximum atomic E-state index is 5.46. The van der Waals surface area contributed by atoms with Gasteiger partial charge in [-0.3, -0.25) is 0 Å². The maximum Gasteiger partial charge on any atom is 0.194 e. The molecule has 6 heteroatoms. The van der Waals surface area contributed by atoms with Crippen molar-refractivity contribution in [1.29, 1.82) is 0 Å². The number of nitrogens with zero attached hydrogens (tertiary/aromatic N) is 2. The fraction of sp³-hybridized carbons (Fsp3) is 0.562. The van der Waals surface area contributed by atoms with Crippen molar-refractivity contribution in [3.05, 3.63) is 23.8 Å². The molecule has 22 heavy (non-hydrogen) atoms. The number of methoxy groups -OCH3 is 2. The summed E-state index contributed by atoms with van der Waals surface area (Å²) in [7, 11) is 3.32. The molecule has 124 valence electrons. The van der Waals surface area contributed by atoms with Crippen LogP contribution in [0.15, 0.2) is 23.2 Å². The van der Waals surface area contributed by atoms with Gasteiger partial charge in [-0.15, -0.1) is 24.0 Å². The van der Waals surface area contributed by atoms with Crippen LogP contribution in [0.5, 0.6) is 11.5 Å². The second kappa shape index (κ2) is 9.76. The molecular weight excluding hydrogens is 393 g/mol. The van der Waals surface area contributed by atoms with Crippen LogP contribution >= 0.6 is 24.0 Å². The molecule has 0 aliphatic carbocycles. The van der Waals surface area contributed by atoms with E-state index in [9.17, 15) is 0 Å². The number of hydrogen-bond donors (Lipinski definition) is 1. The van der Waals surface area contributed by atoms with Crippen LogP contribution in [0.1, 0.15) is 25.3 Å². The number of guanidine groups is 1. The van der Waals surface area contributed by atoms with Gasteiger partial charge in [-0.1, -0.05) is 12.1 Å². The van der Waals surface area contributed by atoms with Crippen molar-refractivity contribution < 1.29 is 9.47 Å². The minimum atomic E-state index is 0. The highest BCUT2D eigenvalue weighted by Gasteiger charge is 2.16. The molecule has 0 saturated carbocycles. The average molecular weight is 419 g/mol. The summed E-state index contributed by atoms with van der Waals surface area (Å²) in [5, 5.41) is 3.36. The fourth-order valence-electron chi connectivity index (χ4n) is 2.59. The van der Waals surface area contributed by atoms with E-state index in [1.807, 2.05) is 18.2 Å². The maximum absolute atomic E-state index is 5.46. The van der Waals surface area contributed by atoms with Crippen LogP contribution in [0.2, 0.25) is 0 Å². The highest BCUT2D eigenvalue weighted by atomic mass is 127. The second-order valence-electron chi connectivity index (χ2n) is 5.02. The molecule has 0 bridgehead atoms. The molecular formula is C16H26IN3O2. The molecule has 0 spiro atoms. The van der Waals surface area contributed by atoms with Gasteiger partial charge in [0.25, 0.3) is 0 Å². The summed E-state index contributed by atoms with van der Waals surface area (Å²) in [6.07, 6.45) is 2.49. The number of benzene rings is 1. The summed E-state index contributed by atoms with van der Waals surface area (Å²) < 4.78 is 10.8. The van der Waals surface area contributed by atoms with Gasteiger partial charge in [0.15, 0.2) is 17.5 Å². The molecule has 1 saturated heterocycles. The number of ether oxygens (including phenoxy) is 2. The van der Waals surface area contributed by atoms with Crippen LogP contribution in [0.4, 0.5) is 0 Å². The largest absolute Gasteiger partial charge is 0.493 e. The normalized spacial score (nSPS) is 14.5. The Morgan fingerprint density at radius 3 is 2.55 bits per heavy atom. The molecule has 0 atom stereocenters. The Kier molecular flexibility index (Phi) is 8.37. The SMILES string of the molecule is CCNC(=NCc1cccc(OC)c1OC)N1CCCC1.I. The quantitative estimate of drug-likeness (QED) is 0.453. The van der Waals surface area contributed by atoms with E-state index in [4.69, 9.17) is 14.5 Å². The molecule has 2 rings (SSSR count). The van der Waals surface area contributed by atoms with Crippen molar-refractivity contribution in [2.45, 2.75) is 26.3 Å². The smallest absolute Gasteiger partial charge is 0.194 e.